The smallest absolute Gasteiger partial charge is 0.306 e. The Morgan fingerprint density at radius 1 is 1.11 bits per heavy atom. The molecule has 0 fully saturated rings. The van der Waals surface area contributed by atoms with E-state index in [1.807, 2.05) is 12.1 Å². The molecule has 0 spiro atoms. The number of carbonyl (C=O) groups is 1. The van der Waals surface area contributed by atoms with E-state index < -0.39 is 6.10 Å². The van der Waals surface area contributed by atoms with Gasteiger partial charge in [0.25, 0.3) is 5.56 Å². The number of fused-ring (bicyclic) bond motifs is 1. The fourth-order valence-corrected chi connectivity index (χ4v) is 2.69. The number of aromatic amines is 1. The highest BCUT2D eigenvalue weighted by Crippen LogP contribution is 2.18. The first-order valence-electron chi connectivity index (χ1n) is 9.02. The Labute approximate surface area is 162 Å². The highest BCUT2D eigenvalue weighted by molar-refractivity contribution is 5.77. The highest BCUT2D eigenvalue weighted by Gasteiger charge is 2.15. The molecule has 146 valence electrons. The number of nitrogens with zero attached hydrogens (tertiary/aromatic N) is 1. The van der Waals surface area contributed by atoms with Gasteiger partial charge in [0, 0.05) is 6.42 Å². The standard InChI is InChI=1S/C21H22N2O5/c1-14(20-22-18-7-4-3-6-17(18)21(25)23-20)28-19(24)8-5-13-27-16-11-9-15(26-2)10-12-16/h3-4,6-7,9-12,14H,5,8,13H2,1-2H3,(H,22,23,25)/t14-/m1/s1. The van der Waals surface area contributed by atoms with E-state index in [1.54, 1.807) is 50.4 Å². The van der Waals surface area contributed by atoms with Gasteiger partial charge in [-0.15, -0.1) is 0 Å². The maximum absolute atomic E-state index is 12.1. The van der Waals surface area contributed by atoms with E-state index in [9.17, 15) is 9.59 Å². The van der Waals surface area contributed by atoms with Gasteiger partial charge in [0.15, 0.2) is 11.9 Å². The summed E-state index contributed by atoms with van der Waals surface area (Å²) in [6, 6.07) is 14.3. The summed E-state index contributed by atoms with van der Waals surface area (Å²) >= 11 is 0. The maximum Gasteiger partial charge on any atom is 0.306 e. The Hall–Kier alpha value is -3.35. The molecule has 0 aliphatic heterocycles. The lowest BCUT2D eigenvalue weighted by atomic mass is 10.2. The number of aromatic nitrogens is 2. The van der Waals surface area contributed by atoms with Gasteiger partial charge in [-0.1, -0.05) is 12.1 Å². The van der Waals surface area contributed by atoms with Crippen LogP contribution in [0.15, 0.2) is 53.3 Å². The van der Waals surface area contributed by atoms with Gasteiger partial charge in [-0.05, 0) is 49.7 Å². The first-order chi connectivity index (χ1) is 13.6. The lowest BCUT2D eigenvalue weighted by molar-refractivity contribution is -0.149. The summed E-state index contributed by atoms with van der Waals surface area (Å²) in [7, 11) is 1.60. The lowest BCUT2D eigenvalue weighted by Gasteiger charge is -2.13. The van der Waals surface area contributed by atoms with E-state index >= 15 is 0 Å². The molecule has 0 aliphatic rings. The van der Waals surface area contributed by atoms with Gasteiger partial charge in [0.2, 0.25) is 0 Å². The second-order valence-electron chi connectivity index (χ2n) is 6.23. The first-order valence-corrected chi connectivity index (χ1v) is 9.02. The summed E-state index contributed by atoms with van der Waals surface area (Å²) in [6.07, 6.45) is 0.0738. The molecule has 2 aromatic carbocycles. The van der Waals surface area contributed by atoms with Gasteiger partial charge >= 0.3 is 5.97 Å². The number of rotatable bonds is 8. The first kappa shape index (κ1) is 19.4. The molecule has 1 aromatic heterocycles. The van der Waals surface area contributed by atoms with Crippen molar-refractivity contribution in [2.45, 2.75) is 25.9 Å². The third kappa shape index (κ3) is 4.88. The van der Waals surface area contributed by atoms with Crippen molar-refractivity contribution >= 4 is 16.9 Å². The Morgan fingerprint density at radius 2 is 1.82 bits per heavy atom. The van der Waals surface area contributed by atoms with Crippen molar-refractivity contribution < 1.29 is 19.0 Å². The maximum atomic E-state index is 12.1. The highest BCUT2D eigenvalue weighted by atomic mass is 16.5. The van der Waals surface area contributed by atoms with Crippen molar-refractivity contribution in [2.75, 3.05) is 13.7 Å². The van der Waals surface area contributed by atoms with Crippen LogP contribution in [0.3, 0.4) is 0 Å². The molecule has 1 N–H and O–H groups in total. The number of H-pyrrole nitrogens is 1. The van der Waals surface area contributed by atoms with Crippen LogP contribution in [-0.2, 0) is 9.53 Å². The average Bonchev–Trinajstić information content (AvgIpc) is 2.71. The minimum absolute atomic E-state index is 0.207. The fraction of sp³-hybridized carbons (Fsp3) is 0.286. The zero-order valence-electron chi connectivity index (χ0n) is 15.8. The summed E-state index contributed by atoms with van der Waals surface area (Å²) < 4.78 is 16.1. The molecule has 1 atom stereocenters. The molecule has 1 heterocycles. The van der Waals surface area contributed by atoms with Crippen molar-refractivity contribution in [1.29, 1.82) is 0 Å². The summed E-state index contributed by atoms with van der Waals surface area (Å²) in [5.74, 6) is 1.42. The molecular formula is C21H22N2O5. The van der Waals surface area contributed by atoms with Crippen molar-refractivity contribution in [3.63, 3.8) is 0 Å². The minimum Gasteiger partial charge on any atom is -0.497 e. The second-order valence-corrected chi connectivity index (χ2v) is 6.23. The number of nitrogens with one attached hydrogen (secondary N) is 1. The van der Waals surface area contributed by atoms with E-state index in [4.69, 9.17) is 14.2 Å². The topological polar surface area (TPSA) is 90.5 Å². The SMILES string of the molecule is COc1ccc(OCCCC(=O)O[C@H](C)c2nc3ccccc3c(=O)[nH]2)cc1. The fourth-order valence-electron chi connectivity index (χ4n) is 2.69. The van der Waals surface area contributed by atoms with Crippen LogP contribution >= 0.6 is 0 Å². The van der Waals surface area contributed by atoms with Crippen LogP contribution in [0.1, 0.15) is 31.7 Å². The summed E-state index contributed by atoms with van der Waals surface area (Å²) in [5.41, 5.74) is 0.313. The van der Waals surface area contributed by atoms with E-state index in [-0.39, 0.29) is 17.9 Å². The molecule has 0 aliphatic carbocycles. The predicted octanol–water partition coefficient (Wildman–Crippen LogP) is 3.40. The Balaban J connectivity index is 1.48. The number of carbonyl (C=O) groups excluding carboxylic acids is 1. The van der Waals surface area contributed by atoms with Gasteiger partial charge in [-0.2, -0.15) is 0 Å². The molecule has 28 heavy (non-hydrogen) atoms. The molecule has 0 saturated heterocycles. The van der Waals surface area contributed by atoms with Crippen molar-refractivity contribution in [1.82, 2.24) is 9.97 Å². The van der Waals surface area contributed by atoms with Crippen LogP contribution in [0.4, 0.5) is 0 Å². The molecule has 0 radical (unpaired) electrons. The van der Waals surface area contributed by atoms with Gasteiger partial charge in [-0.25, -0.2) is 4.98 Å². The van der Waals surface area contributed by atoms with E-state index in [2.05, 4.69) is 9.97 Å². The summed E-state index contributed by atoms with van der Waals surface area (Å²) in [5, 5.41) is 0.500. The third-order valence-electron chi connectivity index (χ3n) is 4.18. The molecule has 3 aromatic rings. The molecule has 3 rings (SSSR count). The zero-order valence-corrected chi connectivity index (χ0v) is 15.8. The quantitative estimate of drug-likeness (QED) is 0.474. The number of esters is 1. The normalized spacial score (nSPS) is 11.8. The number of methoxy groups -OCH3 is 1. The number of benzene rings is 2. The van der Waals surface area contributed by atoms with Crippen LogP contribution in [0.5, 0.6) is 11.5 Å². The Bertz CT molecular complexity index is 998. The van der Waals surface area contributed by atoms with E-state index in [1.165, 1.54) is 0 Å². The Kier molecular flexibility index (Phi) is 6.26. The van der Waals surface area contributed by atoms with Crippen molar-refractivity contribution in [3.8, 4) is 11.5 Å². The molecule has 7 heteroatoms. The minimum atomic E-state index is -0.646. The van der Waals surface area contributed by atoms with Crippen LogP contribution in [0, 0.1) is 0 Å². The number of hydrogen-bond acceptors (Lipinski definition) is 6. The van der Waals surface area contributed by atoms with Crippen LogP contribution < -0.4 is 15.0 Å². The number of ether oxygens (including phenoxy) is 3. The van der Waals surface area contributed by atoms with Crippen molar-refractivity contribution in [2.24, 2.45) is 0 Å². The number of para-hydroxylation sites is 1. The van der Waals surface area contributed by atoms with Crippen LogP contribution in [0.25, 0.3) is 10.9 Å². The van der Waals surface area contributed by atoms with Gasteiger partial charge in [-0.3, -0.25) is 9.59 Å². The lowest BCUT2D eigenvalue weighted by Crippen LogP contribution is -2.17. The molecule has 0 saturated carbocycles. The van der Waals surface area contributed by atoms with E-state index in [0.29, 0.717) is 35.5 Å². The second kappa shape index (κ2) is 9.03. The summed E-state index contributed by atoms with van der Waals surface area (Å²) in [4.78, 5) is 31.2. The largest absolute Gasteiger partial charge is 0.497 e. The van der Waals surface area contributed by atoms with Gasteiger partial charge < -0.3 is 19.2 Å². The number of hydrogen-bond donors (Lipinski definition) is 1. The van der Waals surface area contributed by atoms with E-state index in [0.717, 1.165) is 5.75 Å². The van der Waals surface area contributed by atoms with Crippen LogP contribution in [-0.4, -0.2) is 29.7 Å². The third-order valence-corrected chi connectivity index (χ3v) is 4.18. The average molecular weight is 382 g/mol. The van der Waals surface area contributed by atoms with Crippen LogP contribution in [0.2, 0.25) is 0 Å². The molecule has 0 amide bonds. The molecule has 7 nitrogen and oxygen atoms in total. The zero-order chi connectivity index (χ0) is 19.9. The Morgan fingerprint density at radius 3 is 2.57 bits per heavy atom. The summed E-state index contributed by atoms with van der Waals surface area (Å²) in [6.45, 7) is 2.07. The molecule has 0 bridgehead atoms. The van der Waals surface area contributed by atoms with Gasteiger partial charge in [0.1, 0.15) is 11.5 Å². The van der Waals surface area contributed by atoms with Gasteiger partial charge in [0.05, 0.1) is 24.6 Å². The molecular weight excluding hydrogens is 360 g/mol. The van der Waals surface area contributed by atoms with Crippen molar-refractivity contribution in [3.05, 3.63) is 64.7 Å². The predicted molar refractivity (Wildman–Crippen MR) is 105 cm³/mol. The monoisotopic (exact) mass is 382 g/mol. The molecule has 0 unspecified atom stereocenters.